The molecule has 0 aromatic heterocycles. The average Bonchev–Trinajstić information content (AvgIpc) is 3.26. The van der Waals surface area contributed by atoms with Crippen LogP contribution in [0.1, 0.15) is 23.6 Å². The number of ether oxygens (including phenoxy) is 2. The van der Waals surface area contributed by atoms with Crippen LogP contribution in [0.25, 0.3) is 6.08 Å². The maximum atomic E-state index is 13.6. The highest BCUT2D eigenvalue weighted by Gasteiger charge is 2.33. The molecule has 1 fully saturated rings. The first-order chi connectivity index (χ1) is 19.2. The van der Waals surface area contributed by atoms with E-state index < -0.39 is 0 Å². The number of para-hydroxylation sites is 1. The molecule has 0 radical (unpaired) electrons. The van der Waals surface area contributed by atoms with Crippen LogP contribution in [0.3, 0.4) is 0 Å². The summed E-state index contributed by atoms with van der Waals surface area (Å²) in [7, 11) is 0. The van der Waals surface area contributed by atoms with Gasteiger partial charge in [0.05, 0.1) is 17.2 Å². The van der Waals surface area contributed by atoms with E-state index in [2.05, 4.69) is 12.1 Å². The van der Waals surface area contributed by atoms with E-state index in [1.165, 1.54) is 17.3 Å². The highest BCUT2D eigenvalue weighted by molar-refractivity contribution is 8.18. The van der Waals surface area contributed by atoms with Gasteiger partial charge in [-0.25, -0.2) is 4.99 Å². The predicted octanol–water partition coefficient (Wildman–Crippen LogP) is 7.51. The second-order valence-electron chi connectivity index (χ2n) is 8.95. The molecule has 0 unspecified atom stereocenters. The quantitative estimate of drug-likeness (QED) is 0.198. The van der Waals surface area contributed by atoms with Crippen molar-refractivity contribution in [3.63, 3.8) is 0 Å². The molecule has 6 heteroatoms. The number of amides is 1. The summed E-state index contributed by atoms with van der Waals surface area (Å²) in [5, 5.41) is 0.682. The third kappa shape index (κ3) is 6.98. The van der Waals surface area contributed by atoms with Gasteiger partial charge < -0.3 is 9.47 Å². The summed E-state index contributed by atoms with van der Waals surface area (Å²) in [6.45, 7) is 3.45. The highest BCUT2D eigenvalue weighted by atomic mass is 32.2. The van der Waals surface area contributed by atoms with Crippen molar-refractivity contribution in [2.45, 2.75) is 20.0 Å². The maximum absolute atomic E-state index is 13.6. The predicted molar refractivity (Wildman–Crippen MR) is 159 cm³/mol. The van der Waals surface area contributed by atoms with Gasteiger partial charge in [0.25, 0.3) is 5.91 Å². The number of nitrogens with zero attached hydrogens (tertiary/aromatic N) is 2. The standard InChI is InChI=1S/C33H30N2O3S/c1-2-37-30-22-27(18-19-29(30)38-24-26-14-8-4-9-15-26)23-31-32(36)35(21-20-25-12-6-3-7-13-25)33(39-31)34-28-16-10-5-11-17-28/h3-19,22-23H,2,20-21,24H2,1H3/b31-23+,34-33?. The van der Waals surface area contributed by atoms with Crippen molar-refractivity contribution in [2.24, 2.45) is 4.99 Å². The van der Waals surface area contributed by atoms with E-state index in [4.69, 9.17) is 14.5 Å². The number of rotatable bonds is 10. The number of benzene rings is 4. The van der Waals surface area contributed by atoms with Gasteiger partial charge in [0.2, 0.25) is 0 Å². The number of aliphatic imine (C=N–C) groups is 1. The van der Waals surface area contributed by atoms with Gasteiger partial charge in [-0.15, -0.1) is 0 Å². The van der Waals surface area contributed by atoms with Gasteiger partial charge in [-0.2, -0.15) is 0 Å². The second kappa shape index (κ2) is 13.0. The van der Waals surface area contributed by atoms with Crippen molar-refractivity contribution >= 4 is 34.6 Å². The Morgan fingerprint density at radius 1 is 0.795 bits per heavy atom. The van der Waals surface area contributed by atoms with Crippen molar-refractivity contribution in [1.82, 2.24) is 4.90 Å². The molecule has 1 aliphatic heterocycles. The van der Waals surface area contributed by atoms with Crippen molar-refractivity contribution in [3.05, 3.63) is 131 Å². The second-order valence-corrected chi connectivity index (χ2v) is 9.96. The van der Waals surface area contributed by atoms with Gasteiger partial charge in [0.15, 0.2) is 16.7 Å². The van der Waals surface area contributed by atoms with E-state index >= 15 is 0 Å². The lowest BCUT2D eigenvalue weighted by molar-refractivity contribution is -0.122. The Labute approximate surface area is 233 Å². The van der Waals surface area contributed by atoms with Crippen molar-refractivity contribution < 1.29 is 14.3 Å². The van der Waals surface area contributed by atoms with Gasteiger partial charge in [-0.3, -0.25) is 9.69 Å². The Hall–Kier alpha value is -4.29. The average molecular weight is 535 g/mol. The molecular weight excluding hydrogens is 504 g/mol. The first-order valence-electron chi connectivity index (χ1n) is 13.0. The lowest BCUT2D eigenvalue weighted by Gasteiger charge is -2.15. The lowest BCUT2D eigenvalue weighted by atomic mass is 10.1. The van der Waals surface area contributed by atoms with E-state index in [0.29, 0.717) is 41.3 Å². The zero-order valence-corrected chi connectivity index (χ0v) is 22.6. The van der Waals surface area contributed by atoms with Crippen molar-refractivity contribution in [2.75, 3.05) is 13.2 Å². The van der Waals surface area contributed by atoms with Crippen LogP contribution in [0.4, 0.5) is 5.69 Å². The Balaban J connectivity index is 1.39. The molecule has 39 heavy (non-hydrogen) atoms. The fourth-order valence-corrected chi connectivity index (χ4v) is 5.20. The summed E-state index contributed by atoms with van der Waals surface area (Å²) in [5.74, 6) is 1.27. The number of carbonyl (C=O) groups excluding carboxylic acids is 1. The number of amidine groups is 1. The number of carbonyl (C=O) groups is 1. The molecular formula is C33H30N2O3S. The zero-order chi connectivity index (χ0) is 26.9. The first-order valence-corrected chi connectivity index (χ1v) is 13.8. The van der Waals surface area contributed by atoms with Gasteiger partial charge in [0.1, 0.15) is 6.61 Å². The Kier molecular flexibility index (Phi) is 8.76. The minimum absolute atomic E-state index is 0.0482. The summed E-state index contributed by atoms with van der Waals surface area (Å²) in [6, 6.07) is 35.7. The molecule has 0 bridgehead atoms. The van der Waals surface area contributed by atoms with Crippen LogP contribution in [0.2, 0.25) is 0 Å². The van der Waals surface area contributed by atoms with Crippen LogP contribution >= 0.6 is 11.8 Å². The van der Waals surface area contributed by atoms with Crippen LogP contribution in [-0.2, 0) is 17.8 Å². The molecule has 5 rings (SSSR count). The van der Waals surface area contributed by atoms with Crippen LogP contribution in [0.5, 0.6) is 11.5 Å². The smallest absolute Gasteiger partial charge is 0.266 e. The third-order valence-corrected chi connectivity index (χ3v) is 7.15. The third-order valence-electron chi connectivity index (χ3n) is 6.14. The minimum atomic E-state index is -0.0482. The van der Waals surface area contributed by atoms with E-state index in [-0.39, 0.29) is 5.91 Å². The molecule has 0 spiro atoms. The van der Waals surface area contributed by atoms with E-state index in [9.17, 15) is 4.79 Å². The Morgan fingerprint density at radius 2 is 1.46 bits per heavy atom. The number of hydrogen-bond acceptors (Lipinski definition) is 5. The van der Waals surface area contributed by atoms with Gasteiger partial charge in [0, 0.05) is 6.54 Å². The van der Waals surface area contributed by atoms with Crippen molar-refractivity contribution in [1.29, 1.82) is 0 Å². The lowest BCUT2D eigenvalue weighted by Crippen LogP contribution is -2.31. The molecule has 1 aliphatic rings. The normalized spacial score (nSPS) is 15.2. The molecule has 196 valence electrons. The van der Waals surface area contributed by atoms with E-state index in [1.807, 2.05) is 110 Å². The largest absolute Gasteiger partial charge is 0.490 e. The Bertz CT molecular complexity index is 1450. The van der Waals surface area contributed by atoms with Crippen LogP contribution in [-0.4, -0.2) is 29.1 Å². The molecule has 0 atom stereocenters. The fourth-order valence-electron chi connectivity index (χ4n) is 4.18. The molecule has 4 aromatic carbocycles. The highest BCUT2D eigenvalue weighted by Crippen LogP contribution is 2.36. The van der Waals surface area contributed by atoms with Crippen molar-refractivity contribution in [3.8, 4) is 11.5 Å². The molecule has 1 heterocycles. The molecule has 0 aliphatic carbocycles. The Morgan fingerprint density at radius 3 is 2.15 bits per heavy atom. The molecule has 1 amide bonds. The zero-order valence-electron chi connectivity index (χ0n) is 21.8. The summed E-state index contributed by atoms with van der Waals surface area (Å²) < 4.78 is 11.9. The monoisotopic (exact) mass is 534 g/mol. The molecule has 1 saturated heterocycles. The van der Waals surface area contributed by atoms with Gasteiger partial charge >= 0.3 is 0 Å². The van der Waals surface area contributed by atoms with Gasteiger partial charge in [-0.1, -0.05) is 84.9 Å². The first kappa shape index (κ1) is 26.3. The fraction of sp³-hybridized carbons (Fsp3) is 0.152. The van der Waals surface area contributed by atoms with Crippen LogP contribution in [0.15, 0.2) is 119 Å². The molecule has 5 nitrogen and oxygen atoms in total. The number of hydrogen-bond donors (Lipinski definition) is 0. The SMILES string of the molecule is CCOc1cc(/C=C2/SC(=Nc3ccccc3)N(CCc3ccccc3)C2=O)ccc1OCc1ccccc1. The molecule has 0 N–H and O–H groups in total. The van der Waals surface area contributed by atoms with Gasteiger partial charge in [-0.05, 0) is 72.1 Å². The topological polar surface area (TPSA) is 51.1 Å². The number of thioether (sulfide) groups is 1. The minimum Gasteiger partial charge on any atom is -0.490 e. The molecule has 4 aromatic rings. The van der Waals surface area contributed by atoms with E-state index in [0.717, 1.165) is 23.2 Å². The van der Waals surface area contributed by atoms with Crippen LogP contribution in [0, 0.1) is 0 Å². The summed E-state index contributed by atoms with van der Waals surface area (Å²) in [5.41, 5.74) is 3.95. The molecule has 0 saturated carbocycles. The summed E-state index contributed by atoms with van der Waals surface area (Å²) >= 11 is 1.40. The maximum Gasteiger partial charge on any atom is 0.266 e. The van der Waals surface area contributed by atoms with Crippen LogP contribution < -0.4 is 9.47 Å². The summed E-state index contributed by atoms with van der Waals surface area (Å²) in [4.78, 5) is 20.8. The summed E-state index contributed by atoms with van der Waals surface area (Å²) in [6.07, 6.45) is 2.65. The van der Waals surface area contributed by atoms with E-state index in [1.54, 1.807) is 4.90 Å².